The third kappa shape index (κ3) is 4.96. The summed E-state index contributed by atoms with van der Waals surface area (Å²) < 4.78 is 0. The maximum absolute atomic E-state index is 4.83. The molecule has 0 amide bonds. The molecule has 0 aliphatic heterocycles. The van der Waals surface area contributed by atoms with Crippen molar-refractivity contribution < 1.29 is 0 Å². The van der Waals surface area contributed by atoms with Crippen molar-refractivity contribution in [2.45, 2.75) is 107 Å². The van der Waals surface area contributed by atoms with Crippen LogP contribution in [-0.4, -0.2) is 12.3 Å². The van der Waals surface area contributed by atoms with Crippen LogP contribution in [0.2, 0.25) is 0 Å². The number of hydrogen-bond donors (Lipinski definition) is 0. The highest BCUT2D eigenvalue weighted by atomic mass is 14.8. The van der Waals surface area contributed by atoms with Crippen LogP contribution in [0.3, 0.4) is 0 Å². The Kier molecular flexibility index (Phi) is 10.5. The highest BCUT2D eigenvalue weighted by molar-refractivity contribution is 5.85. The molecule has 0 bridgehead atoms. The molecule has 6 unspecified atom stereocenters. The van der Waals surface area contributed by atoms with E-state index in [0.29, 0.717) is 16.7 Å². The fourth-order valence-electron chi connectivity index (χ4n) is 7.65. The lowest BCUT2D eigenvalue weighted by atomic mass is 9.46. The molecule has 4 rings (SSSR count). The quantitative estimate of drug-likeness (QED) is 0.314. The first-order valence-electron chi connectivity index (χ1n) is 12.9. The van der Waals surface area contributed by atoms with Crippen LogP contribution in [0.15, 0.2) is 41.4 Å². The Morgan fingerprint density at radius 2 is 1.71 bits per heavy atom. The Bertz CT molecular complexity index is 668. The van der Waals surface area contributed by atoms with E-state index in [1.807, 2.05) is 33.8 Å². The van der Waals surface area contributed by atoms with E-state index < -0.39 is 0 Å². The molecule has 1 heteroatoms. The fraction of sp³-hybridized carbons (Fsp3) is 0.767. The summed E-state index contributed by atoms with van der Waals surface area (Å²) in [5.41, 5.74) is 5.43. The SMILES string of the molecule is C.C=CCN=C(C)C1CCC2C3CCC4=CC(=C)CCC4(C)C3CCC12C.CC.CC. The van der Waals surface area contributed by atoms with Gasteiger partial charge in [0, 0.05) is 11.6 Å². The van der Waals surface area contributed by atoms with Crippen LogP contribution < -0.4 is 0 Å². The predicted octanol–water partition coefficient (Wildman–Crippen LogP) is 9.46. The van der Waals surface area contributed by atoms with Crippen LogP contribution in [0, 0.1) is 34.5 Å². The zero-order chi connectivity index (χ0) is 22.5. The minimum atomic E-state index is 0. The van der Waals surface area contributed by atoms with Crippen molar-refractivity contribution in [2.75, 3.05) is 6.54 Å². The second-order valence-corrected chi connectivity index (χ2v) is 10.1. The molecule has 1 nitrogen and oxygen atoms in total. The Hall–Kier alpha value is -1.11. The molecule has 3 fully saturated rings. The second-order valence-electron chi connectivity index (χ2n) is 10.1. The van der Waals surface area contributed by atoms with Crippen LogP contribution in [0.4, 0.5) is 0 Å². The maximum atomic E-state index is 4.83. The van der Waals surface area contributed by atoms with E-state index >= 15 is 0 Å². The highest BCUT2D eigenvalue weighted by Gasteiger charge is 2.59. The molecule has 0 aromatic heterocycles. The minimum absolute atomic E-state index is 0. The van der Waals surface area contributed by atoms with Gasteiger partial charge >= 0.3 is 0 Å². The molecule has 178 valence electrons. The molecule has 0 aromatic carbocycles. The van der Waals surface area contributed by atoms with Gasteiger partial charge < -0.3 is 0 Å². The van der Waals surface area contributed by atoms with E-state index in [-0.39, 0.29) is 7.43 Å². The maximum Gasteiger partial charge on any atom is 0.0567 e. The number of allylic oxidation sites excluding steroid dienone is 3. The summed E-state index contributed by atoms with van der Waals surface area (Å²) in [6, 6.07) is 0. The lowest BCUT2D eigenvalue weighted by molar-refractivity contribution is -0.0417. The van der Waals surface area contributed by atoms with Gasteiger partial charge in [-0.1, -0.05) is 78.8 Å². The summed E-state index contributed by atoms with van der Waals surface area (Å²) in [6.45, 7) is 24.4. The monoisotopic (exact) mass is 427 g/mol. The lowest BCUT2D eigenvalue weighted by Gasteiger charge is -2.58. The van der Waals surface area contributed by atoms with Gasteiger partial charge in [-0.15, -0.1) is 6.58 Å². The van der Waals surface area contributed by atoms with Crippen LogP contribution >= 0.6 is 0 Å². The molecule has 3 saturated carbocycles. The summed E-state index contributed by atoms with van der Waals surface area (Å²) >= 11 is 0. The number of hydrogen-bond acceptors (Lipinski definition) is 1. The molecule has 0 radical (unpaired) electrons. The number of rotatable bonds is 3. The molecule has 31 heavy (non-hydrogen) atoms. The topological polar surface area (TPSA) is 12.4 Å². The van der Waals surface area contributed by atoms with Crippen molar-refractivity contribution in [2.24, 2.45) is 39.5 Å². The number of nitrogens with zero attached hydrogens (tertiary/aromatic N) is 1. The zero-order valence-corrected chi connectivity index (χ0v) is 21.2. The van der Waals surface area contributed by atoms with E-state index in [1.165, 1.54) is 62.7 Å². The van der Waals surface area contributed by atoms with Crippen LogP contribution in [0.25, 0.3) is 0 Å². The van der Waals surface area contributed by atoms with Gasteiger partial charge in [-0.3, -0.25) is 4.99 Å². The molecular weight excluding hydrogens is 374 g/mol. The summed E-state index contributed by atoms with van der Waals surface area (Å²) in [5, 5.41) is 0. The van der Waals surface area contributed by atoms with E-state index in [1.54, 1.807) is 5.57 Å². The highest BCUT2D eigenvalue weighted by Crippen LogP contribution is 2.67. The Labute approximate surface area is 195 Å². The molecule has 0 spiro atoms. The molecule has 4 aliphatic carbocycles. The lowest BCUT2D eigenvalue weighted by Crippen LogP contribution is -2.50. The first kappa shape index (κ1) is 27.9. The smallest absolute Gasteiger partial charge is 0.0567 e. The second kappa shape index (κ2) is 11.7. The first-order chi connectivity index (χ1) is 14.4. The van der Waals surface area contributed by atoms with Gasteiger partial charge in [0.15, 0.2) is 0 Å². The van der Waals surface area contributed by atoms with E-state index in [0.717, 1.165) is 24.3 Å². The van der Waals surface area contributed by atoms with Gasteiger partial charge in [0.2, 0.25) is 0 Å². The average Bonchev–Trinajstić information content (AvgIpc) is 3.12. The minimum Gasteiger partial charge on any atom is -0.290 e. The summed E-state index contributed by atoms with van der Waals surface area (Å²) in [4.78, 5) is 4.83. The molecule has 0 N–H and O–H groups in total. The van der Waals surface area contributed by atoms with Crippen molar-refractivity contribution in [3.8, 4) is 0 Å². The van der Waals surface area contributed by atoms with Gasteiger partial charge in [-0.25, -0.2) is 0 Å². The van der Waals surface area contributed by atoms with Gasteiger partial charge in [0.1, 0.15) is 0 Å². The largest absolute Gasteiger partial charge is 0.290 e. The van der Waals surface area contributed by atoms with Gasteiger partial charge in [0.25, 0.3) is 0 Å². The summed E-state index contributed by atoms with van der Waals surface area (Å²) in [7, 11) is 0. The molecule has 6 atom stereocenters. The average molecular weight is 428 g/mol. The van der Waals surface area contributed by atoms with Crippen molar-refractivity contribution in [1.82, 2.24) is 0 Å². The fourth-order valence-corrected chi connectivity index (χ4v) is 7.65. The normalized spacial score (nSPS) is 38.5. The molecular formula is C30H53N. The zero-order valence-electron chi connectivity index (χ0n) is 21.2. The third-order valence-electron chi connectivity index (χ3n) is 9.05. The van der Waals surface area contributed by atoms with Crippen molar-refractivity contribution in [1.29, 1.82) is 0 Å². The van der Waals surface area contributed by atoms with Crippen molar-refractivity contribution in [3.63, 3.8) is 0 Å². The summed E-state index contributed by atoms with van der Waals surface area (Å²) in [6.07, 6.45) is 15.3. The van der Waals surface area contributed by atoms with E-state index in [9.17, 15) is 0 Å². The molecule has 0 aromatic rings. The van der Waals surface area contributed by atoms with Crippen LogP contribution in [0.1, 0.15) is 107 Å². The number of fused-ring (bicyclic) bond motifs is 5. The predicted molar refractivity (Wildman–Crippen MR) is 142 cm³/mol. The Morgan fingerprint density at radius 1 is 1.03 bits per heavy atom. The van der Waals surface area contributed by atoms with Gasteiger partial charge in [0.05, 0.1) is 6.54 Å². The summed E-state index contributed by atoms with van der Waals surface area (Å²) in [5.74, 6) is 3.44. The molecule has 4 aliphatic rings. The molecule has 0 heterocycles. The van der Waals surface area contributed by atoms with Gasteiger partial charge in [-0.05, 0) is 86.9 Å². The van der Waals surface area contributed by atoms with Crippen molar-refractivity contribution in [3.05, 3.63) is 36.5 Å². The standard InChI is InChI=1S/C25H37N.2C2H6.CH4/c1-6-15-26-18(3)21-9-10-22-20-8-7-19-16-17(2)11-13-24(19,4)23(20)12-14-25(21,22)5;2*1-2;/h6,16,20-23H,1-2,7-15H2,3-5H3;2*1-2H3;1H4. The first-order valence-corrected chi connectivity index (χ1v) is 12.9. The van der Waals surface area contributed by atoms with Crippen molar-refractivity contribution >= 4 is 5.71 Å². The third-order valence-corrected chi connectivity index (χ3v) is 9.05. The van der Waals surface area contributed by atoms with Gasteiger partial charge in [-0.2, -0.15) is 0 Å². The Balaban J connectivity index is 0.000000910. The van der Waals surface area contributed by atoms with E-state index in [2.05, 4.69) is 40.0 Å². The Morgan fingerprint density at radius 3 is 2.35 bits per heavy atom. The molecule has 0 saturated heterocycles. The van der Waals surface area contributed by atoms with Crippen LogP contribution in [-0.2, 0) is 0 Å². The van der Waals surface area contributed by atoms with E-state index in [4.69, 9.17) is 4.99 Å². The van der Waals surface area contributed by atoms with Crippen LogP contribution in [0.5, 0.6) is 0 Å². The number of aliphatic imine (C=N–C) groups is 1.